The summed E-state index contributed by atoms with van der Waals surface area (Å²) in [5, 5.41) is 1.12. The van der Waals surface area contributed by atoms with E-state index in [1.165, 1.54) is 12.2 Å². The van der Waals surface area contributed by atoms with Gasteiger partial charge in [-0.2, -0.15) is 0 Å². The minimum absolute atomic E-state index is 0.152. The number of morpholine rings is 1. The van der Waals surface area contributed by atoms with Gasteiger partial charge in [-0.05, 0) is 52.9 Å². The molecule has 3 aromatic rings. The van der Waals surface area contributed by atoms with Gasteiger partial charge in [-0.3, -0.25) is 14.5 Å². The number of carbonyl (C=O) groups excluding carboxylic acids is 2. The van der Waals surface area contributed by atoms with Gasteiger partial charge in [-0.15, -0.1) is 0 Å². The Morgan fingerprint density at radius 3 is 2.39 bits per heavy atom. The Morgan fingerprint density at radius 2 is 1.64 bits per heavy atom. The third kappa shape index (κ3) is 7.00. The topological polar surface area (TPSA) is 71.6 Å². The Balaban J connectivity index is 1.20. The van der Waals surface area contributed by atoms with E-state index in [9.17, 15) is 9.59 Å². The van der Waals surface area contributed by atoms with Gasteiger partial charge in [0.1, 0.15) is 12.4 Å². The summed E-state index contributed by atoms with van der Waals surface area (Å²) >= 11 is 0. The number of nitrogens with zero attached hydrogens (tertiary/aromatic N) is 1. The maximum absolute atomic E-state index is 12.2. The van der Waals surface area contributed by atoms with E-state index in [-0.39, 0.29) is 18.0 Å². The lowest BCUT2D eigenvalue weighted by Gasteiger charge is -2.26. The number of nitrogens with one attached hydrogen (secondary N) is 1. The van der Waals surface area contributed by atoms with Gasteiger partial charge in [0.15, 0.2) is 11.6 Å². The number of ether oxygens (including phenoxy) is 2. The summed E-state index contributed by atoms with van der Waals surface area (Å²) in [5.41, 5.74) is 2.80. The van der Waals surface area contributed by atoms with Crippen molar-refractivity contribution < 1.29 is 19.1 Å². The SMILES string of the molecule is O=C(/C=C/c1ccc(OCCN2CCOCC2)cc1)CC(=O)/C=C/c1ccc2cc[nH]c2c1. The van der Waals surface area contributed by atoms with Crippen molar-refractivity contribution in [3.8, 4) is 5.75 Å². The van der Waals surface area contributed by atoms with E-state index in [2.05, 4.69) is 9.88 Å². The van der Waals surface area contributed by atoms with Crippen molar-refractivity contribution >= 4 is 34.6 Å². The largest absolute Gasteiger partial charge is 0.492 e. The number of benzene rings is 2. The van der Waals surface area contributed by atoms with Crippen LogP contribution in [0.5, 0.6) is 5.75 Å². The van der Waals surface area contributed by atoms with Crippen molar-refractivity contribution in [2.75, 3.05) is 39.5 Å². The standard InChI is InChI=1S/C27H28N2O4/c30-24(20-25(31)8-3-22-1-6-23-11-12-28-27(23)19-22)7-2-21-4-9-26(10-5-21)33-18-15-29-13-16-32-17-14-29/h1-12,19,28H,13-18,20H2/b7-2+,8-3+. The van der Waals surface area contributed by atoms with Crippen LogP contribution in [-0.4, -0.2) is 60.9 Å². The fraction of sp³-hybridized carbons (Fsp3) is 0.259. The smallest absolute Gasteiger partial charge is 0.163 e. The van der Waals surface area contributed by atoms with Crippen molar-refractivity contribution in [3.05, 3.63) is 78.0 Å². The second-order valence-corrected chi connectivity index (χ2v) is 7.97. The van der Waals surface area contributed by atoms with Gasteiger partial charge in [0.05, 0.1) is 19.6 Å². The van der Waals surface area contributed by atoms with Crippen LogP contribution in [0.25, 0.3) is 23.1 Å². The number of rotatable bonds is 10. The molecule has 0 radical (unpaired) electrons. The monoisotopic (exact) mass is 444 g/mol. The summed E-state index contributed by atoms with van der Waals surface area (Å²) in [6.07, 6.45) is 8.08. The predicted octanol–water partition coefficient (Wildman–Crippen LogP) is 4.13. The Hall–Kier alpha value is -3.48. The highest BCUT2D eigenvalue weighted by Gasteiger charge is 2.09. The zero-order valence-corrected chi connectivity index (χ0v) is 18.5. The lowest BCUT2D eigenvalue weighted by Crippen LogP contribution is -2.38. The van der Waals surface area contributed by atoms with Crippen molar-refractivity contribution in [1.29, 1.82) is 0 Å². The summed E-state index contributed by atoms with van der Waals surface area (Å²) in [4.78, 5) is 29.8. The zero-order valence-electron chi connectivity index (χ0n) is 18.5. The summed E-state index contributed by atoms with van der Waals surface area (Å²) in [5.74, 6) is 0.347. The minimum Gasteiger partial charge on any atom is -0.492 e. The highest BCUT2D eigenvalue weighted by molar-refractivity contribution is 6.11. The summed E-state index contributed by atoms with van der Waals surface area (Å²) in [7, 11) is 0. The number of fused-ring (bicyclic) bond motifs is 1. The Kier molecular flexibility index (Phi) is 7.85. The predicted molar refractivity (Wildman–Crippen MR) is 130 cm³/mol. The molecule has 0 spiro atoms. The van der Waals surface area contributed by atoms with E-state index < -0.39 is 0 Å². The quantitative estimate of drug-likeness (QED) is 0.376. The molecule has 0 aliphatic carbocycles. The second-order valence-electron chi connectivity index (χ2n) is 7.97. The van der Waals surface area contributed by atoms with Crippen LogP contribution >= 0.6 is 0 Å². The van der Waals surface area contributed by atoms with Gasteiger partial charge in [0.25, 0.3) is 0 Å². The molecule has 170 valence electrons. The molecule has 0 bridgehead atoms. The molecule has 1 aromatic heterocycles. The molecule has 1 fully saturated rings. The van der Waals surface area contributed by atoms with Gasteiger partial charge < -0.3 is 14.5 Å². The third-order valence-electron chi connectivity index (χ3n) is 5.51. The molecule has 0 amide bonds. The lowest BCUT2D eigenvalue weighted by molar-refractivity contribution is -0.121. The van der Waals surface area contributed by atoms with Crippen molar-refractivity contribution in [2.45, 2.75) is 6.42 Å². The summed E-state index contributed by atoms with van der Waals surface area (Å²) in [6.45, 7) is 4.97. The molecule has 2 heterocycles. The fourth-order valence-corrected chi connectivity index (χ4v) is 3.63. The molecule has 0 unspecified atom stereocenters. The van der Waals surface area contributed by atoms with Gasteiger partial charge in [-0.25, -0.2) is 0 Å². The first-order chi connectivity index (χ1) is 16.2. The third-order valence-corrected chi connectivity index (χ3v) is 5.51. The average molecular weight is 445 g/mol. The molecule has 0 saturated carbocycles. The molecule has 1 aliphatic heterocycles. The van der Waals surface area contributed by atoms with E-state index in [1.807, 2.05) is 54.7 Å². The number of carbonyl (C=O) groups is 2. The van der Waals surface area contributed by atoms with E-state index >= 15 is 0 Å². The Morgan fingerprint density at radius 1 is 0.939 bits per heavy atom. The molecule has 2 aromatic carbocycles. The number of aromatic nitrogens is 1. The van der Waals surface area contributed by atoms with Crippen LogP contribution < -0.4 is 4.74 Å². The van der Waals surface area contributed by atoms with Crippen LogP contribution in [-0.2, 0) is 14.3 Å². The molecular formula is C27H28N2O4. The summed E-state index contributed by atoms with van der Waals surface area (Å²) < 4.78 is 11.1. The lowest BCUT2D eigenvalue weighted by atomic mass is 10.1. The van der Waals surface area contributed by atoms with Crippen LogP contribution in [0.15, 0.2) is 66.9 Å². The maximum Gasteiger partial charge on any atom is 0.163 e. The Bertz CT molecular complexity index is 1140. The normalized spacial score (nSPS) is 14.9. The Labute approximate surface area is 193 Å². The van der Waals surface area contributed by atoms with Crippen molar-refractivity contribution in [1.82, 2.24) is 9.88 Å². The molecule has 1 saturated heterocycles. The van der Waals surface area contributed by atoms with E-state index in [4.69, 9.17) is 9.47 Å². The highest BCUT2D eigenvalue weighted by atomic mass is 16.5. The first-order valence-electron chi connectivity index (χ1n) is 11.2. The van der Waals surface area contributed by atoms with E-state index in [1.54, 1.807) is 12.2 Å². The number of hydrogen-bond donors (Lipinski definition) is 1. The zero-order chi connectivity index (χ0) is 22.9. The number of H-pyrrole nitrogens is 1. The van der Waals surface area contributed by atoms with Gasteiger partial charge in [0, 0.05) is 31.3 Å². The molecule has 6 nitrogen and oxygen atoms in total. The molecule has 1 aliphatic rings. The molecule has 33 heavy (non-hydrogen) atoms. The van der Waals surface area contributed by atoms with Crippen molar-refractivity contribution in [2.24, 2.45) is 0 Å². The number of ketones is 2. The first-order valence-corrected chi connectivity index (χ1v) is 11.2. The number of allylic oxidation sites excluding steroid dienone is 2. The minimum atomic E-state index is -0.227. The highest BCUT2D eigenvalue weighted by Crippen LogP contribution is 2.16. The van der Waals surface area contributed by atoms with Crippen LogP contribution in [0, 0.1) is 0 Å². The maximum atomic E-state index is 12.2. The van der Waals surface area contributed by atoms with Crippen LogP contribution in [0.1, 0.15) is 17.5 Å². The van der Waals surface area contributed by atoms with Crippen LogP contribution in [0.4, 0.5) is 0 Å². The molecule has 6 heteroatoms. The molecule has 4 rings (SSSR count). The van der Waals surface area contributed by atoms with Crippen molar-refractivity contribution in [3.63, 3.8) is 0 Å². The van der Waals surface area contributed by atoms with Crippen LogP contribution in [0.3, 0.4) is 0 Å². The molecule has 1 N–H and O–H groups in total. The van der Waals surface area contributed by atoms with Gasteiger partial charge in [-0.1, -0.05) is 36.4 Å². The molecular weight excluding hydrogens is 416 g/mol. The first kappa shape index (κ1) is 22.7. The molecule has 0 atom stereocenters. The fourth-order valence-electron chi connectivity index (χ4n) is 3.63. The van der Waals surface area contributed by atoms with Gasteiger partial charge in [0.2, 0.25) is 0 Å². The number of aromatic amines is 1. The van der Waals surface area contributed by atoms with E-state index in [0.29, 0.717) is 6.61 Å². The van der Waals surface area contributed by atoms with Gasteiger partial charge >= 0.3 is 0 Å². The second kappa shape index (κ2) is 11.4. The number of hydrogen-bond acceptors (Lipinski definition) is 5. The average Bonchev–Trinajstić information content (AvgIpc) is 3.31. The van der Waals surface area contributed by atoms with E-state index in [0.717, 1.165) is 60.6 Å². The van der Waals surface area contributed by atoms with Crippen LogP contribution in [0.2, 0.25) is 0 Å². The summed E-state index contributed by atoms with van der Waals surface area (Å²) in [6, 6.07) is 15.5.